The van der Waals surface area contributed by atoms with Crippen LogP contribution in [0.15, 0.2) is 18.2 Å². The van der Waals surface area contributed by atoms with Crippen LogP contribution in [0, 0.1) is 23.2 Å². The fourth-order valence-electron chi connectivity index (χ4n) is 6.21. The lowest BCUT2D eigenvalue weighted by Gasteiger charge is -2.43. The van der Waals surface area contributed by atoms with Crippen molar-refractivity contribution in [1.29, 1.82) is 5.26 Å². The Balaban J connectivity index is 1.46. The Morgan fingerprint density at radius 3 is 2.93 bits per heavy atom. The number of ether oxygens (including phenoxy) is 2. The van der Waals surface area contributed by atoms with Gasteiger partial charge in [0.2, 0.25) is 5.91 Å². The number of nitriles is 1. The Labute approximate surface area is 157 Å². The number of benzene rings is 1. The third-order valence-electron chi connectivity index (χ3n) is 7.46. The molecule has 6 heteroatoms. The van der Waals surface area contributed by atoms with E-state index in [9.17, 15) is 15.2 Å². The van der Waals surface area contributed by atoms with Gasteiger partial charge in [-0.05, 0) is 49.4 Å². The van der Waals surface area contributed by atoms with E-state index in [0.717, 1.165) is 24.1 Å². The van der Waals surface area contributed by atoms with Crippen molar-refractivity contribution in [2.45, 2.75) is 62.1 Å². The highest BCUT2D eigenvalue weighted by Gasteiger charge is 2.78. The topological polar surface area (TPSA) is 82.8 Å². The minimum Gasteiger partial charge on any atom is -0.390 e. The van der Waals surface area contributed by atoms with E-state index in [-0.39, 0.29) is 17.7 Å². The summed E-state index contributed by atoms with van der Waals surface area (Å²) >= 11 is 0. The van der Waals surface area contributed by atoms with Gasteiger partial charge in [0.25, 0.3) is 0 Å². The van der Waals surface area contributed by atoms with E-state index in [1.807, 2.05) is 25.1 Å². The zero-order chi connectivity index (χ0) is 18.6. The molecule has 1 amide bonds. The first kappa shape index (κ1) is 16.1. The van der Waals surface area contributed by atoms with Crippen LogP contribution in [0.5, 0.6) is 0 Å². The highest BCUT2D eigenvalue weighted by atomic mass is 16.6. The summed E-state index contributed by atoms with van der Waals surface area (Å²) in [6.45, 7) is 2.43. The van der Waals surface area contributed by atoms with E-state index in [2.05, 4.69) is 6.07 Å². The maximum absolute atomic E-state index is 13.5. The molecule has 6 rings (SSSR count). The summed E-state index contributed by atoms with van der Waals surface area (Å²) in [5, 5.41) is 20.1. The van der Waals surface area contributed by atoms with Crippen molar-refractivity contribution in [3.05, 3.63) is 29.3 Å². The molecular formula is C21H22N2O4. The van der Waals surface area contributed by atoms with E-state index in [4.69, 9.17) is 9.47 Å². The third-order valence-corrected chi connectivity index (χ3v) is 7.46. The average Bonchev–Trinajstić information content (AvgIpc) is 3.33. The zero-order valence-electron chi connectivity index (χ0n) is 15.2. The van der Waals surface area contributed by atoms with Crippen LogP contribution < -0.4 is 4.90 Å². The fraction of sp³-hybridized carbons (Fsp3) is 0.619. The molecule has 1 aliphatic carbocycles. The van der Waals surface area contributed by atoms with Crippen molar-refractivity contribution in [3.8, 4) is 6.07 Å². The van der Waals surface area contributed by atoms with Crippen molar-refractivity contribution >= 4 is 11.6 Å². The zero-order valence-corrected chi connectivity index (χ0v) is 15.2. The molecule has 1 N–H and O–H groups in total. The highest BCUT2D eigenvalue weighted by Crippen LogP contribution is 2.65. The lowest BCUT2D eigenvalue weighted by molar-refractivity contribution is -0.163. The minimum atomic E-state index is -0.668. The smallest absolute Gasteiger partial charge is 0.235 e. The number of aliphatic hydroxyl groups is 1. The number of hydrogen-bond acceptors (Lipinski definition) is 5. The number of rotatable bonds is 2. The van der Waals surface area contributed by atoms with Crippen molar-refractivity contribution in [1.82, 2.24) is 0 Å². The Morgan fingerprint density at radius 1 is 1.37 bits per heavy atom. The van der Waals surface area contributed by atoms with Crippen LogP contribution in [-0.4, -0.2) is 41.2 Å². The van der Waals surface area contributed by atoms with Gasteiger partial charge in [-0.2, -0.15) is 5.26 Å². The summed E-state index contributed by atoms with van der Waals surface area (Å²) in [6.07, 6.45) is 2.36. The quantitative estimate of drug-likeness (QED) is 0.866. The van der Waals surface area contributed by atoms with E-state index >= 15 is 0 Å². The number of carbonyl (C=O) groups is 1. The minimum absolute atomic E-state index is 0.0228. The summed E-state index contributed by atoms with van der Waals surface area (Å²) in [7, 11) is 0. The largest absolute Gasteiger partial charge is 0.390 e. The fourth-order valence-corrected chi connectivity index (χ4v) is 6.21. The van der Waals surface area contributed by atoms with Gasteiger partial charge in [0.1, 0.15) is 11.8 Å². The highest BCUT2D eigenvalue weighted by molar-refractivity contribution is 6.00. The lowest BCUT2D eigenvalue weighted by atomic mass is 9.65. The van der Waals surface area contributed by atoms with Gasteiger partial charge < -0.3 is 14.6 Å². The molecule has 0 radical (unpaired) electrons. The van der Waals surface area contributed by atoms with Gasteiger partial charge in [-0.25, -0.2) is 0 Å². The Morgan fingerprint density at radius 2 is 2.19 bits per heavy atom. The molecule has 5 fully saturated rings. The first-order valence-corrected chi connectivity index (χ1v) is 9.85. The Hall–Kier alpha value is -1.94. The summed E-state index contributed by atoms with van der Waals surface area (Å²) in [4.78, 5) is 15.3. The standard InChI is InChI=1S/C21H22N2O4/c1-20-9-15(24)21(27-20)6-7-26-19-17(21)16(20)18(25)23(19)13-5-4-12(10-22)14(8-13)11-2-3-11/h4-5,8,11,15-17,19,24H,2-3,6-7,9H2,1H3/t15-,16+,17-,19-,20+,21-/m0/s1. The maximum Gasteiger partial charge on any atom is 0.235 e. The van der Waals surface area contributed by atoms with Gasteiger partial charge in [0, 0.05) is 18.5 Å². The van der Waals surface area contributed by atoms with Crippen molar-refractivity contribution < 1.29 is 19.4 Å². The van der Waals surface area contributed by atoms with Gasteiger partial charge in [-0.1, -0.05) is 0 Å². The molecule has 4 saturated heterocycles. The van der Waals surface area contributed by atoms with Gasteiger partial charge in [-0.15, -0.1) is 0 Å². The maximum atomic E-state index is 13.5. The number of amides is 1. The summed E-state index contributed by atoms with van der Waals surface area (Å²) in [5.41, 5.74) is 1.23. The summed E-state index contributed by atoms with van der Waals surface area (Å²) < 4.78 is 12.4. The van der Waals surface area contributed by atoms with Crippen molar-refractivity contribution in [2.75, 3.05) is 11.5 Å². The van der Waals surface area contributed by atoms with E-state index < -0.39 is 23.5 Å². The molecule has 1 aromatic rings. The Bertz CT molecular complexity index is 906. The van der Waals surface area contributed by atoms with E-state index in [0.29, 0.717) is 30.9 Å². The van der Waals surface area contributed by atoms with Gasteiger partial charge in [0.05, 0.1) is 41.8 Å². The molecule has 1 aromatic carbocycles. The predicted molar refractivity (Wildman–Crippen MR) is 94.8 cm³/mol. The van der Waals surface area contributed by atoms with Crippen LogP contribution >= 0.6 is 0 Å². The van der Waals surface area contributed by atoms with Gasteiger partial charge in [0.15, 0.2) is 0 Å². The second-order valence-electron chi connectivity index (χ2n) is 8.97. The van der Waals surface area contributed by atoms with Crippen molar-refractivity contribution in [3.63, 3.8) is 0 Å². The molecular weight excluding hydrogens is 344 g/mol. The second-order valence-corrected chi connectivity index (χ2v) is 8.97. The van der Waals surface area contributed by atoms with Crippen LogP contribution in [-0.2, 0) is 14.3 Å². The lowest BCUT2D eigenvalue weighted by Crippen LogP contribution is -2.56. The number of anilines is 1. The number of hydrogen-bond donors (Lipinski definition) is 1. The molecule has 0 aromatic heterocycles. The van der Waals surface area contributed by atoms with Crippen molar-refractivity contribution in [2.24, 2.45) is 11.8 Å². The molecule has 4 aliphatic heterocycles. The molecule has 4 heterocycles. The normalized spacial score (nSPS) is 44.5. The van der Waals surface area contributed by atoms with E-state index in [1.165, 1.54) is 0 Å². The van der Waals surface area contributed by atoms with Crippen LogP contribution in [0.3, 0.4) is 0 Å². The monoisotopic (exact) mass is 366 g/mol. The molecule has 2 bridgehead atoms. The second kappa shape index (κ2) is 4.91. The molecule has 1 spiro atoms. The average molecular weight is 366 g/mol. The molecule has 6 nitrogen and oxygen atoms in total. The number of fused-ring (bicyclic) bond motifs is 2. The van der Waals surface area contributed by atoms with Gasteiger partial charge >= 0.3 is 0 Å². The number of aliphatic hydroxyl groups excluding tert-OH is 1. The first-order valence-electron chi connectivity index (χ1n) is 9.85. The van der Waals surface area contributed by atoms with Crippen LogP contribution in [0.2, 0.25) is 0 Å². The number of nitrogens with zero attached hydrogens (tertiary/aromatic N) is 2. The summed E-state index contributed by atoms with van der Waals surface area (Å²) in [5.74, 6) is 0.0163. The third kappa shape index (κ3) is 1.83. The molecule has 27 heavy (non-hydrogen) atoms. The Kier molecular flexibility index (Phi) is 2.92. The predicted octanol–water partition coefficient (Wildman–Crippen LogP) is 2.05. The van der Waals surface area contributed by atoms with Gasteiger partial charge in [-0.3, -0.25) is 9.69 Å². The van der Waals surface area contributed by atoms with Crippen LogP contribution in [0.25, 0.3) is 0 Å². The number of carbonyl (C=O) groups excluding carboxylic acids is 1. The SMILES string of the molecule is C[C@@]12C[C@H](O)[C@]3(CCO[C@H]4[C@@H]3[C@@H]1C(=O)N4c1ccc(C#N)c(C3CC3)c1)O2. The molecule has 6 atom stereocenters. The van der Waals surface area contributed by atoms with E-state index in [1.54, 1.807) is 4.90 Å². The molecule has 0 unspecified atom stereocenters. The van der Waals surface area contributed by atoms with Crippen LogP contribution in [0.4, 0.5) is 5.69 Å². The molecule has 140 valence electrons. The summed E-state index contributed by atoms with van der Waals surface area (Å²) in [6, 6.07) is 7.96. The van der Waals surface area contributed by atoms with Crippen LogP contribution in [0.1, 0.15) is 49.7 Å². The molecule has 1 saturated carbocycles. The first-order chi connectivity index (χ1) is 13.0. The molecule has 5 aliphatic rings.